The van der Waals surface area contributed by atoms with Crippen molar-refractivity contribution in [1.82, 2.24) is 15.1 Å². The standard InChI is InChI=1S/C10H12N4O/c1-7-3-4-11-10(13-7)12-6-9-5-8(2)15-14-9/h3-5H,6H2,1-2H3,(H,11,12,13). The number of anilines is 1. The smallest absolute Gasteiger partial charge is 0.223 e. The molecule has 0 saturated heterocycles. The summed E-state index contributed by atoms with van der Waals surface area (Å²) in [5, 5.41) is 6.93. The molecular formula is C10H12N4O. The van der Waals surface area contributed by atoms with Gasteiger partial charge in [-0.05, 0) is 19.9 Å². The summed E-state index contributed by atoms with van der Waals surface area (Å²) in [7, 11) is 0. The van der Waals surface area contributed by atoms with Crippen LogP contribution in [-0.2, 0) is 6.54 Å². The Hall–Kier alpha value is -1.91. The van der Waals surface area contributed by atoms with Gasteiger partial charge in [0, 0.05) is 18.0 Å². The summed E-state index contributed by atoms with van der Waals surface area (Å²) in [4.78, 5) is 8.30. The molecule has 0 radical (unpaired) electrons. The third-order valence-electron chi connectivity index (χ3n) is 1.90. The van der Waals surface area contributed by atoms with Crippen LogP contribution < -0.4 is 5.32 Å². The third kappa shape index (κ3) is 2.52. The van der Waals surface area contributed by atoms with Gasteiger partial charge in [0.25, 0.3) is 0 Å². The van der Waals surface area contributed by atoms with Gasteiger partial charge >= 0.3 is 0 Å². The Morgan fingerprint density at radius 2 is 2.27 bits per heavy atom. The number of nitrogens with zero attached hydrogens (tertiary/aromatic N) is 3. The fourth-order valence-corrected chi connectivity index (χ4v) is 1.20. The molecule has 0 aliphatic rings. The number of aryl methyl sites for hydroxylation is 2. The van der Waals surface area contributed by atoms with Gasteiger partial charge < -0.3 is 9.84 Å². The lowest BCUT2D eigenvalue weighted by atomic mass is 10.4. The quantitative estimate of drug-likeness (QED) is 0.824. The van der Waals surface area contributed by atoms with E-state index in [9.17, 15) is 0 Å². The minimum atomic E-state index is 0.570. The van der Waals surface area contributed by atoms with E-state index in [-0.39, 0.29) is 0 Å². The Bertz CT molecular complexity index is 452. The predicted octanol–water partition coefficient (Wildman–Crippen LogP) is 1.69. The zero-order valence-corrected chi connectivity index (χ0v) is 8.69. The van der Waals surface area contributed by atoms with E-state index in [1.807, 2.05) is 26.0 Å². The summed E-state index contributed by atoms with van der Waals surface area (Å²) in [6, 6.07) is 3.73. The molecule has 5 nitrogen and oxygen atoms in total. The van der Waals surface area contributed by atoms with Gasteiger partial charge in [-0.15, -0.1) is 0 Å². The second-order valence-electron chi connectivity index (χ2n) is 3.30. The van der Waals surface area contributed by atoms with Crippen molar-refractivity contribution >= 4 is 5.95 Å². The molecule has 5 heteroatoms. The molecular weight excluding hydrogens is 192 g/mol. The minimum Gasteiger partial charge on any atom is -0.361 e. The number of hydrogen-bond acceptors (Lipinski definition) is 5. The van der Waals surface area contributed by atoms with Crippen LogP contribution in [0.5, 0.6) is 0 Å². The number of rotatable bonds is 3. The molecule has 0 bridgehead atoms. The molecule has 2 aromatic rings. The highest BCUT2D eigenvalue weighted by Crippen LogP contribution is 2.04. The molecule has 0 spiro atoms. The first kappa shape index (κ1) is 9.64. The second-order valence-corrected chi connectivity index (χ2v) is 3.30. The van der Waals surface area contributed by atoms with Gasteiger partial charge in [0.1, 0.15) is 11.5 Å². The van der Waals surface area contributed by atoms with Gasteiger partial charge in [-0.2, -0.15) is 0 Å². The molecule has 2 aromatic heterocycles. The first-order valence-electron chi connectivity index (χ1n) is 4.70. The van der Waals surface area contributed by atoms with Crippen LogP contribution in [0.15, 0.2) is 22.9 Å². The highest BCUT2D eigenvalue weighted by atomic mass is 16.5. The molecule has 78 valence electrons. The number of hydrogen-bond donors (Lipinski definition) is 1. The van der Waals surface area contributed by atoms with E-state index in [4.69, 9.17) is 4.52 Å². The van der Waals surface area contributed by atoms with E-state index in [0.717, 1.165) is 17.1 Å². The lowest BCUT2D eigenvalue weighted by Crippen LogP contribution is -2.03. The monoisotopic (exact) mass is 204 g/mol. The molecule has 2 heterocycles. The molecule has 0 amide bonds. The average Bonchev–Trinajstić information content (AvgIpc) is 2.62. The molecule has 0 aromatic carbocycles. The van der Waals surface area contributed by atoms with E-state index in [1.54, 1.807) is 6.20 Å². The van der Waals surface area contributed by atoms with Crippen molar-refractivity contribution in [3.63, 3.8) is 0 Å². The Labute approximate surface area is 87.5 Å². The zero-order valence-electron chi connectivity index (χ0n) is 8.69. The van der Waals surface area contributed by atoms with Crippen molar-refractivity contribution in [2.24, 2.45) is 0 Å². The maximum absolute atomic E-state index is 4.95. The van der Waals surface area contributed by atoms with Crippen molar-refractivity contribution in [3.8, 4) is 0 Å². The maximum Gasteiger partial charge on any atom is 0.223 e. The van der Waals surface area contributed by atoms with Crippen molar-refractivity contribution in [1.29, 1.82) is 0 Å². The van der Waals surface area contributed by atoms with Crippen molar-refractivity contribution < 1.29 is 4.52 Å². The molecule has 0 saturated carbocycles. The number of aromatic nitrogens is 3. The third-order valence-corrected chi connectivity index (χ3v) is 1.90. The van der Waals surface area contributed by atoms with Crippen molar-refractivity contribution in [3.05, 3.63) is 35.5 Å². The van der Waals surface area contributed by atoms with E-state index in [2.05, 4.69) is 20.4 Å². The topological polar surface area (TPSA) is 63.8 Å². The molecule has 2 rings (SSSR count). The lowest BCUT2D eigenvalue weighted by molar-refractivity contribution is 0.391. The Balaban J connectivity index is 1.99. The van der Waals surface area contributed by atoms with Gasteiger partial charge in [-0.3, -0.25) is 0 Å². The second kappa shape index (κ2) is 4.08. The van der Waals surface area contributed by atoms with Crippen LogP contribution in [-0.4, -0.2) is 15.1 Å². The summed E-state index contributed by atoms with van der Waals surface area (Å²) in [6.07, 6.45) is 1.72. The molecule has 0 fully saturated rings. The van der Waals surface area contributed by atoms with Crippen LogP contribution >= 0.6 is 0 Å². The van der Waals surface area contributed by atoms with Crippen LogP contribution in [0.1, 0.15) is 17.1 Å². The Kier molecular flexibility index (Phi) is 2.62. The first-order valence-corrected chi connectivity index (χ1v) is 4.70. The molecule has 15 heavy (non-hydrogen) atoms. The van der Waals surface area contributed by atoms with E-state index < -0.39 is 0 Å². The van der Waals surface area contributed by atoms with Crippen LogP contribution in [0.4, 0.5) is 5.95 Å². The van der Waals surface area contributed by atoms with E-state index in [1.165, 1.54) is 0 Å². The average molecular weight is 204 g/mol. The summed E-state index contributed by atoms with van der Waals surface area (Å²) in [6.45, 7) is 4.35. The summed E-state index contributed by atoms with van der Waals surface area (Å²) >= 11 is 0. The van der Waals surface area contributed by atoms with Gasteiger partial charge in [0.05, 0.1) is 6.54 Å². The number of nitrogens with one attached hydrogen (secondary N) is 1. The Morgan fingerprint density at radius 3 is 2.93 bits per heavy atom. The molecule has 0 atom stereocenters. The van der Waals surface area contributed by atoms with E-state index in [0.29, 0.717) is 12.5 Å². The molecule has 1 N–H and O–H groups in total. The van der Waals surface area contributed by atoms with Gasteiger partial charge in [-0.1, -0.05) is 5.16 Å². The first-order chi connectivity index (χ1) is 7.24. The molecule has 0 aliphatic heterocycles. The van der Waals surface area contributed by atoms with Crippen molar-refractivity contribution in [2.45, 2.75) is 20.4 Å². The lowest BCUT2D eigenvalue weighted by Gasteiger charge is -2.01. The van der Waals surface area contributed by atoms with Gasteiger partial charge in [0.2, 0.25) is 5.95 Å². The predicted molar refractivity (Wildman–Crippen MR) is 55.3 cm³/mol. The summed E-state index contributed by atoms with van der Waals surface area (Å²) in [5.74, 6) is 1.41. The fraction of sp³-hybridized carbons (Fsp3) is 0.300. The van der Waals surface area contributed by atoms with E-state index >= 15 is 0 Å². The maximum atomic E-state index is 4.95. The van der Waals surface area contributed by atoms with Crippen LogP contribution in [0.3, 0.4) is 0 Å². The largest absolute Gasteiger partial charge is 0.361 e. The van der Waals surface area contributed by atoms with Crippen LogP contribution in [0.2, 0.25) is 0 Å². The highest BCUT2D eigenvalue weighted by Gasteiger charge is 2.01. The fourth-order valence-electron chi connectivity index (χ4n) is 1.20. The summed E-state index contributed by atoms with van der Waals surface area (Å²) < 4.78 is 4.95. The Morgan fingerprint density at radius 1 is 1.40 bits per heavy atom. The van der Waals surface area contributed by atoms with Gasteiger partial charge in [-0.25, -0.2) is 9.97 Å². The molecule has 0 aliphatic carbocycles. The van der Waals surface area contributed by atoms with Gasteiger partial charge in [0.15, 0.2) is 0 Å². The minimum absolute atomic E-state index is 0.570. The normalized spacial score (nSPS) is 10.3. The zero-order chi connectivity index (χ0) is 10.7. The van der Waals surface area contributed by atoms with Crippen LogP contribution in [0.25, 0.3) is 0 Å². The summed E-state index contributed by atoms with van der Waals surface area (Å²) in [5.41, 5.74) is 1.78. The SMILES string of the molecule is Cc1ccnc(NCc2cc(C)on2)n1. The molecule has 0 unspecified atom stereocenters. The van der Waals surface area contributed by atoms with Crippen molar-refractivity contribution in [2.75, 3.05) is 5.32 Å². The highest BCUT2D eigenvalue weighted by molar-refractivity contribution is 5.25. The van der Waals surface area contributed by atoms with Crippen LogP contribution in [0, 0.1) is 13.8 Å².